The third-order valence-electron chi connectivity index (χ3n) is 3.57. The molecule has 0 saturated carbocycles. The molecule has 3 N–H and O–H groups in total. The molecule has 1 rings (SSSR count). The van der Waals surface area contributed by atoms with Crippen LogP contribution in [0.3, 0.4) is 0 Å². The van der Waals surface area contributed by atoms with Gasteiger partial charge < -0.3 is 20.9 Å². The summed E-state index contributed by atoms with van der Waals surface area (Å²) in [5, 5.41) is 9.24. The number of aliphatic imine (C=N–C) groups is 1. The zero-order valence-electron chi connectivity index (χ0n) is 14.7. The Hall–Kier alpha value is -1.30. The van der Waals surface area contributed by atoms with E-state index in [-0.39, 0.29) is 18.0 Å². The molecule has 1 aliphatic rings. The van der Waals surface area contributed by atoms with Crippen molar-refractivity contribution in [3.05, 3.63) is 0 Å². The lowest BCUT2D eigenvalue weighted by atomic mass is 10.1. The van der Waals surface area contributed by atoms with E-state index in [9.17, 15) is 4.79 Å². The predicted molar refractivity (Wildman–Crippen MR) is 92.2 cm³/mol. The molecule has 6 heteroatoms. The maximum atomic E-state index is 11.8. The van der Waals surface area contributed by atoms with Crippen molar-refractivity contribution in [3.8, 4) is 0 Å². The summed E-state index contributed by atoms with van der Waals surface area (Å²) in [5.74, 6) is 0.654. The minimum atomic E-state index is -0.206. The van der Waals surface area contributed by atoms with Gasteiger partial charge in [-0.25, -0.2) is 0 Å². The smallest absolute Gasteiger partial charge is 0.239 e. The van der Waals surface area contributed by atoms with Crippen LogP contribution in [-0.2, 0) is 4.79 Å². The van der Waals surface area contributed by atoms with E-state index in [1.54, 1.807) is 7.05 Å². The van der Waals surface area contributed by atoms with Crippen LogP contribution in [0, 0.1) is 0 Å². The van der Waals surface area contributed by atoms with Crippen LogP contribution in [0.4, 0.5) is 0 Å². The maximum absolute atomic E-state index is 11.8. The molecule has 0 radical (unpaired) electrons. The van der Waals surface area contributed by atoms with Crippen molar-refractivity contribution in [2.24, 2.45) is 4.99 Å². The van der Waals surface area contributed by atoms with E-state index in [2.05, 4.69) is 25.8 Å². The molecule has 0 aromatic rings. The third-order valence-corrected chi connectivity index (χ3v) is 3.57. The van der Waals surface area contributed by atoms with E-state index in [0.29, 0.717) is 5.96 Å². The first-order valence-electron chi connectivity index (χ1n) is 8.38. The van der Waals surface area contributed by atoms with Crippen molar-refractivity contribution in [1.82, 2.24) is 20.9 Å². The van der Waals surface area contributed by atoms with Gasteiger partial charge in [-0.05, 0) is 46.7 Å². The van der Waals surface area contributed by atoms with Gasteiger partial charge in [0, 0.05) is 25.7 Å². The quantitative estimate of drug-likeness (QED) is 0.522. The Morgan fingerprint density at radius 1 is 1.09 bits per heavy atom. The zero-order chi connectivity index (χ0) is 16.4. The lowest BCUT2D eigenvalue weighted by molar-refractivity contribution is -0.121. The predicted octanol–water partition coefficient (Wildman–Crippen LogP) is 0.942. The van der Waals surface area contributed by atoms with Gasteiger partial charge in [-0.15, -0.1) is 0 Å². The van der Waals surface area contributed by atoms with Crippen LogP contribution < -0.4 is 16.0 Å². The fourth-order valence-electron chi connectivity index (χ4n) is 2.54. The molecule has 0 atom stereocenters. The van der Waals surface area contributed by atoms with Crippen LogP contribution in [0.2, 0.25) is 0 Å². The normalized spacial score (nSPS) is 17.7. The molecule has 1 aliphatic heterocycles. The number of nitrogens with one attached hydrogen (secondary N) is 3. The summed E-state index contributed by atoms with van der Waals surface area (Å²) in [6.07, 6.45) is 5.33. The van der Waals surface area contributed by atoms with Crippen LogP contribution in [0.25, 0.3) is 0 Å². The van der Waals surface area contributed by atoms with Gasteiger partial charge in [0.05, 0.1) is 6.54 Å². The molecule has 0 unspecified atom stereocenters. The molecule has 0 spiro atoms. The van der Waals surface area contributed by atoms with Gasteiger partial charge in [0.25, 0.3) is 0 Å². The highest BCUT2D eigenvalue weighted by molar-refractivity contribution is 5.86. The van der Waals surface area contributed by atoms with E-state index in [0.717, 1.165) is 13.1 Å². The van der Waals surface area contributed by atoms with Crippen molar-refractivity contribution < 1.29 is 4.79 Å². The van der Waals surface area contributed by atoms with Gasteiger partial charge in [0.1, 0.15) is 0 Å². The number of rotatable bonds is 5. The molecule has 6 nitrogen and oxygen atoms in total. The summed E-state index contributed by atoms with van der Waals surface area (Å²) < 4.78 is 0. The number of hydrogen-bond acceptors (Lipinski definition) is 3. The minimum absolute atomic E-state index is 0.0250. The second kappa shape index (κ2) is 9.66. The van der Waals surface area contributed by atoms with E-state index in [4.69, 9.17) is 0 Å². The molecular formula is C16H33N5O. The molecule has 0 aromatic heterocycles. The maximum Gasteiger partial charge on any atom is 0.239 e. The second-order valence-electron chi connectivity index (χ2n) is 6.91. The van der Waals surface area contributed by atoms with Crippen LogP contribution in [0.15, 0.2) is 4.99 Å². The standard InChI is InChI=1S/C16H33N5O/c1-16(2,3)20-14(22)13-19-15(17-4)18-9-12-21-10-7-5-6-8-11-21/h5-13H2,1-4H3,(H,20,22)(H2,17,18,19). The van der Waals surface area contributed by atoms with Gasteiger partial charge in [-0.2, -0.15) is 0 Å². The fourth-order valence-corrected chi connectivity index (χ4v) is 2.54. The first kappa shape index (κ1) is 18.7. The molecule has 0 bridgehead atoms. The molecule has 1 fully saturated rings. The third kappa shape index (κ3) is 8.87. The topological polar surface area (TPSA) is 68.8 Å². The molecule has 1 saturated heterocycles. The molecule has 0 aromatic carbocycles. The lowest BCUT2D eigenvalue weighted by Gasteiger charge is -2.22. The Bertz CT molecular complexity index is 354. The molecule has 22 heavy (non-hydrogen) atoms. The average Bonchev–Trinajstić information content (AvgIpc) is 2.69. The number of nitrogens with zero attached hydrogens (tertiary/aromatic N) is 2. The summed E-state index contributed by atoms with van der Waals surface area (Å²) in [4.78, 5) is 18.4. The first-order valence-corrected chi connectivity index (χ1v) is 8.38. The fraction of sp³-hybridized carbons (Fsp3) is 0.875. The van der Waals surface area contributed by atoms with Gasteiger partial charge >= 0.3 is 0 Å². The Morgan fingerprint density at radius 3 is 2.27 bits per heavy atom. The minimum Gasteiger partial charge on any atom is -0.355 e. The summed E-state index contributed by atoms with van der Waals surface area (Å²) in [5.41, 5.74) is -0.206. The van der Waals surface area contributed by atoms with Crippen molar-refractivity contribution in [2.75, 3.05) is 39.8 Å². The van der Waals surface area contributed by atoms with Gasteiger partial charge in [0.2, 0.25) is 5.91 Å². The SMILES string of the molecule is CN=C(NCCN1CCCCCC1)NCC(=O)NC(C)(C)C. The van der Waals surface area contributed by atoms with Crippen LogP contribution in [-0.4, -0.2) is 62.1 Å². The van der Waals surface area contributed by atoms with E-state index in [1.807, 2.05) is 20.8 Å². The molecule has 1 amide bonds. The van der Waals surface area contributed by atoms with E-state index < -0.39 is 0 Å². The number of guanidine groups is 1. The first-order chi connectivity index (χ1) is 10.4. The number of carbonyl (C=O) groups excluding carboxylic acids is 1. The number of carbonyl (C=O) groups is 1. The molecular weight excluding hydrogens is 278 g/mol. The van der Waals surface area contributed by atoms with E-state index in [1.165, 1.54) is 38.8 Å². The highest BCUT2D eigenvalue weighted by Crippen LogP contribution is 2.08. The highest BCUT2D eigenvalue weighted by Gasteiger charge is 2.14. The molecule has 0 aliphatic carbocycles. The van der Waals surface area contributed by atoms with E-state index >= 15 is 0 Å². The Balaban J connectivity index is 2.20. The zero-order valence-corrected chi connectivity index (χ0v) is 14.7. The van der Waals surface area contributed by atoms with Gasteiger partial charge in [-0.3, -0.25) is 9.79 Å². The van der Waals surface area contributed by atoms with Crippen molar-refractivity contribution >= 4 is 11.9 Å². The van der Waals surface area contributed by atoms with Crippen molar-refractivity contribution in [1.29, 1.82) is 0 Å². The van der Waals surface area contributed by atoms with Gasteiger partial charge in [-0.1, -0.05) is 12.8 Å². The van der Waals surface area contributed by atoms with Crippen molar-refractivity contribution in [3.63, 3.8) is 0 Å². The summed E-state index contributed by atoms with van der Waals surface area (Å²) >= 11 is 0. The number of likely N-dealkylation sites (tertiary alicyclic amines) is 1. The summed E-state index contributed by atoms with van der Waals surface area (Å²) in [6.45, 7) is 10.4. The monoisotopic (exact) mass is 311 g/mol. The second-order valence-corrected chi connectivity index (χ2v) is 6.91. The summed E-state index contributed by atoms with van der Waals surface area (Å²) in [7, 11) is 1.73. The Kier molecular flexibility index (Phi) is 8.24. The number of hydrogen-bond donors (Lipinski definition) is 3. The highest BCUT2D eigenvalue weighted by atomic mass is 16.2. The summed E-state index contributed by atoms with van der Waals surface area (Å²) in [6, 6.07) is 0. The number of amides is 1. The Morgan fingerprint density at radius 2 is 1.73 bits per heavy atom. The van der Waals surface area contributed by atoms with Crippen molar-refractivity contribution in [2.45, 2.75) is 52.0 Å². The molecule has 128 valence electrons. The van der Waals surface area contributed by atoms with Gasteiger partial charge in [0.15, 0.2) is 5.96 Å². The average molecular weight is 311 g/mol. The van der Waals surface area contributed by atoms with Crippen LogP contribution >= 0.6 is 0 Å². The molecule has 1 heterocycles. The van der Waals surface area contributed by atoms with Crippen LogP contribution in [0.5, 0.6) is 0 Å². The van der Waals surface area contributed by atoms with Crippen LogP contribution in [0.1, 0.15) is 46.5 Å². The largest absolute Gasteiger partial charge is 0.355 e. The Labute approximate surface area is 135 Å². The lowest BCUT2D eigenvalue weighted by Crippen LogP contribution is -2.49.